The van der Waals surface area contributed by atoms with Crippen molar-refractivity contribution in [1.82, 2.24) is 4.98 Å². The smallest absolute Gasteiger partial charge is 0.422 e. The van der Waals surface area contributed by atoms with Crippen molar-refractivity contribution in [3.8, 4) is 5.88 Å². The molecule has 0 unspecified atom stereocenters. The van der Waals surface area contributed by atoms with E-state index in [0.717, 1.165) is 12.3 Å². The number of thiol groups is 1. The average molecular weight is 338 g/mol. The van der Waals surface area contributed by atoms with Crippen LogP contribution in [0.5, 0.6) is 5.88 Å². The molecular formula is C13H17BF4NO2S. The Hall–Kier alpha value is -0.955. The van der Waals surface area contributed by atoms with Crippen LogP contribution in [-0.4, -0.2) is 35.6 Å². The minimum atomic E-state index is -4.55. The van der Waals surface area contributed by atoms with Crippen LogP contribution in [0, 0.1) is 5.82 Å². The van der Waals surface area contributed by atoms with Crippen LogP contribution in [0.15, 0.2) is 12.3 Å². The molecule has 0 aliphatic carbocycles. The molecule has 22 heavy (non-hydrogen) atoms. The van der Waals surface area contributed by atoms with E-state index in [1.165, 1.54) is 7.48 Å². The lowest BCUT2D eigenvalue weighted by atomic mass is 9.85. The van der Waals surface area contributed by atoms with Crippen LogP contribution in [0.4, 0.5) is 17.6 Å². The summed E-state index contributed by atoms with van der Waals surface area (Å²) in [5, 5.41) is 0. The highest BCUT2D eigenvalue weighted by atomic mass is 32.1. The van der Waals surface area contributed by atoms with Gasteiger partial charge < -0.3 is 9.39 Å². The van der Waals surface area contributed by atoms with Crippen LogP contribution < -0.4 is 10.2 Å². The molecule has 0 fully saturated rings. The maximum Gasteiger partial charge on any atom is 0.422 e. The van der Waals surface area contributed by atoms with E-state index in [0.29, 0.717) is 0 Å². The molecule has 0 bridgehead atoms. The number of hydrogen-bond acceptors (Lipinski definition) is 4. The molecule has 0 amide bonds. The maximum atomic E-state index is 13.6. The first-order chi connectivity index (χ1) is 9.82. The molecule has 1 rings (SSSR count). The molecule has 0 spiro atoms. The Morgan fingerprint density at radius 3 is 2.27 bits per heavy atom. The molecule has 3 nitrogen and oxygen atoms in total. The molecule has 0 aliphatic heterocycles. The molecular weight excluding hydrogens is 321 g/mol. The first-order valence-electron chi connectivity index (χ1n) is 6.40. The first-order valence-corrected chi connectivity index (χ1v) is 6.85. The second-order valence-corrected chi connectivity index (χ2v) is 6.88. The summed E-state index contributed by atoms with van der Waals surface area (Å²) >= 11 is 4.41. The summed E-state index contributed by atoms with van der Waals surface area (Å²) in [5.74, 6) is -1.70. The summed E-state index contributed by atoms with van der Waals surface area (Å²) in [5.41, 5.74) is -0.388. The Morgan fingerprint density at radius 2 is 1.82 bits per heavy atom. The van der Waals surface area contributed by atoms with Gasteiger partial charge in [-0.15, -0.1) is 0 Å². The van der Waals surface area contributed by atoms with Crippen LogP contribution in [0.3, 0.4) is 0 Å². The van der Waals surface area contributed by atoms with Crippen molar-refractivity contribution in [2.45, 2.75) is 44.2 Å². The van der Waals surface area contributed by atoms with Gasteiger partial charge in [-0.05, 0) is 39.2 Å². The summed E-state index contributed by atoms with van der Waals surface area (Å²) in [6, 6.07) is 0.986. The van der Waals surface area contributed by atoms with E-state index >= 15 is 0 Å². The highest BCUT2D eigenvalue weighted by Gasteiger charge is 2.34. The lowest BCUT2D eigenvalue weighted by molar-refractivity contribution is -0.154. The lowest BCUT2D eigenvalue weighted by Gasteiger charge is -2.38. The number of ether oxygens (including phenoxy) is 1. The normalized spacial score (nSPS) is 13.1. The summed E-state index contributed by atoms with van der Waals surface area (Å²) in [6.45, 7) is 5.73. The third-order valence-electron chi connectivity index (χ3n) is 3.16. The predicted octanol–water partition coefficient (Wildman–Crippen LogP) is 2.91. The largest absolute Gasteiger partial charge is 0.466 e. The third-order valence-corrected chi connectivity index (χ3v) is 3.70. The molecule has 0 N–H and O–H groups in total. The van der Waals surface area contributed by atoms with Crippen molar-refractivity contribution in [3.05, 3.63) is 18.1 Å². The number of nitrogens with zero attached hydrogens (tertiary/aromatic N) is 1. The molecule has 0 aliphatic rings. The highest BCUT2D eigenvalue weighted by molar-refractivity contribution is 7.81. The van der Waals surface area contributed by atoms with Gasteiger partial charge in [0.2, 0.25) is 0 Å². The van der Waals surface area contributed by atoms with Crippen LogP contribution >= 0.6 is 12.6 Å². The molecule has 1 heterocycles. The van der Waals surface area contributed by atoms with Crippen LogP contribution in [0.2, 0.25) is 0 Å². The Labute approximate surface area is 133 Å². The van der Waals surface area contributed by atoms with E-state index in [1.807, 2.05) is 13.8 Å². The zero-order valence-corrected chi connectivity index (χ0v) is 13.6. The van der Waals surface area contributed by atoms with Gasteiger partial charge in [0.15, 0.2) is 12.4 Å². The number of hydrogen-bond donors (Lipinski definition) is 1. The van der Waals surface area contributed by atoms with Gasteiger partial charge in [-0.25, -0.2) is 9.37 Å². The van der Waals surface area contributed by atoms with Crippen molar-refractivity contribution >= 4 is 25.6 Å². The molecule has 0 aromatic carbocycles. The summed E-state index contributed by atoms with van der Waals surface area (Å²) in [4.78, 5) is 3.52. The second kappa shape index (κ2) is 6.66. The topological polar surface area (TPSA) is 31.4 Å². The minimum Gasteiger partial charge on any atom is -0.466 e. The van der Waals surface area contributed by atoms with Gasteiger partial charge in [0.1, 0.15) is 0 Å². The summed E-state index contributed by atoms with van der Waals surface area (Å²) in [7, 11) is 1.28. The Morgan fingerprint density at radius 1 is 1.23 bits per heavy atom. The Balaban J connectivity index is 2.70. The van der Waals surface area contributed by atoms with Crippen LogP contribution in [0.1, 0.15) is 27.7 Å². The number of alkyl halides is 3. The van der Waals surface area contributed by atoms with Gasteiger partial charge >= 0.3 is 13.7 Å². The standard InChI is InChI=1S/C13H17BF4NO2S/c1-11(2,12(3,4)22)21-14-8-5-9(15)10(19-6-8)20-7-13(16,17)18/h5-6,22H,7H2,1-4H3. The van der Waals surface area contributed by atoms with Crippen molar-refractivity contribution in [2.24, 2.45) is 0 Å². The van der Waals surface area contributed by atoms with Crippen molar-refractivity contribution in [3.63, 3.8) is 0 Å². The Bertz CT molecular complexity index is 518. The lowest BCUT2D eigenvalue weighted by Crippen LogP contribution is -2.45. The molecule has 0 atom stereocenters. The monoisotopic (exact) mass is 338 g/mol. The second-order valence-electron chi connectivity index (χ2n) is 5.76. The number of pyridine rings is 1. The fraction of sp³-hybridized carbons (Fsp3) is 0.615. The van der Waals surface area contributed by atoms with Gasteiger partial charge in [-0.3, -0.25) is 0 Å². The number of aromatic nitrogens is 1. The van der Waals surface area contributed by atoms with Crippen molar-refractivity contribution < 1.29 is 27.0 Å². The maximum absolute atomic E-state index is 13.6. The molecule has 0 saturated heterocycles. The van der Waals surface area contributed by atoms with Gasteiger partial charge in [-0.2, -0.15) is 25.8 Å². The summed E-state index contributed by atoms with van der Waals surface area (Å²) < 4.78 is 59.0. The highest BCUT2D eigenvalue weighted by Crippen LogP contribution is 2.30. The first kappa shape index (κ1) is 19.1. The molecule has 1 aromatic rings. The quantitative estimate of drug-likeness (QED) is 0.492. The van der Waals surface area contributed by atoms with Gasteiger partial charge in [0.05, 0.1) is 5.60 Å². The molecule has 0 saturated carbocycles. The van der Waals surface area contributed by atoms with E-state index in [2.05, 4.69) is 22.3 Å². The molecule has 1 radical (unpaired) electrons. The molecule has 123 valence electrons. The Kier molecular flexibility index (Phi) is 5.78. The van der Waals surface area contributed by atoms with Crippen molar-refractivity contribution in [1.29, 1.82) is 0 Å². The third kappa shape index (κ3) is 5.68. The van der Waals surface area contributed by atoms with Gasteiger partial charge in [0.25, 0.3) is 5.88 Å². The van der Waals surface area contributed by atoms with Crippen LogP contribution in [0.25, 0.3) is 0 Å². The molecule has 1 aromatic heterocycles. The SMILES string of the molecule is CC(C)(S)C(C)(C)O[B]c1cnc(OCC(F)(F)F)c(F)c1. The van der Waals surface area contributed by atoms with E-state index in [9.17, 15) is 17.6 Å². The number of halogens is 4. The van der Waals surface area contributed by atoms with Crippen LogP contribution in [-0.2, 0) is 4.65 Å². The van der Waals surface area contributed by atoms with E-state index < -0.39 is 34.8 Å². The van der Waals surface area contributed by atoms with Gasteiger partial charge in [-0.1, -0.05) is 0 Å². The van der Waals surface area contributed by atoms with Gasteiger partial charge in [0, 0.05) is 10.9 Å². The zero-order valence-electron chi connectivity index (χ0n) is 12.7. The van der Waals surface area contributed by atoms with E-state index in [4.69, 9.17) is 4.65 Å². The minimum absolute atomic E-state index is 0.266. The average Bonchev–Trinajstić information content (AvgIpc) is 2.32. The summed E-state index contributed by atoms with van der Waals surface area (Å²) in [6.07, 6.45) is -3.39. The van der Waals surface area contributed by atoms with Crippen molar-refractivity contribution in [2.75, 3.05) is 6.61 Å². The number of rotatable bonds is 6. The zero-order chi connectivity index (χ0) is 17.2. The fourth-order valence-corrected chi connectivity index (χ4v) is 1.17. The van der Waals surface area contributed by atoms with E-state index in [1.54, 1.807) is 13.8 Å². The predicted molar refractivity (Wildman–Crippen MR) is 79.4 cm³/mol. The molecule has 9 heteroatoms. The fourth-order valence-electron chi connectivity index (χ4n) is 1.12. The van der Waals surface area contributed by atoms with E-state index in [-0.39, 0.29) is 5.46 Å².